The number of carbonyl (C=O) groups excluding carboxylic acids is 1. The van der Waals surface area contributed by atoms with Gasteiger partial charge in [-0.05, 0) is 50.1 Å². The van der Waals surface area contributed by atoms with Crippen LogP contribution < -0.4 is 5.32 Å². The predicted octanol–water partition coefficient (Wildman–Crippen LogP) is 2.39. The topological polar surface area (TPSA) is 38.3 Å². The molecule has 0 amide bonds. The lowest BCUT2D eigenvalue weighted by Gasteiger charge is -2.06. The quantitative estimate of drug-likeness (QED) is 0.467. The summed E-state index contributed by atoms with van der Waals surface area (Å²) in [5.74, 6) is -0.523. The van der Waals surface area contributed by atoms with Crippen molar-refractivity contribution in [2.24, 2.45) is 0 Å². The zero-order valence-corrected chi connectivity index (χ0v) is 11.4. The van der Waals surface area contributed by atoms with Crippen molar-refractivity contribution >= 4 is 5.97 Å². The number of esters is 1. The lowest BCUT2D eigenvalue weighted by atomic mass is 10.1. The van der Waals surface area contributed by atoms with E-state index >= 15 is 0 Å². The molecule has 0 aliphatic rings. The fourth-order valence-electron chi connectivity index (χ4n) is 1.69. The van der Waals surface area contributed by atoms with Gasteiger partial charge in [-0.1, -0.05) is 12.1 Å². The third-order valence-electron chi connectivity index (χ3n) is 2.68. The van der Waals surface area contributed by atoms with Crippen LogP contribution in [0.15, 0.2) is 30.4 Å². The summed E-state index contributed by atoms with van der Waals surface area (Å²) in [6.07, 6.45) is 3.98. The summed E-state index contributed by atoms with van der Waals surface area (Å²) in [4.78, 5) is 11.0. The van der Waals surface area contributed by atoms with Crippen LogP contribution in [0.2, 0.25) is 0 Å². The smallest absolute Gasteiger partial charge is 0.330 e. The van der Waals surface area contributed by atoms with E-state index in [1.54, 1.807) is 19.1 Å². The first kappa shape index (κ1) is 15.4. The summed E-state index contributed by atoms with van der Waals surface area (Å²) in [5.41, 5.74) is 2.09. The molecule has 4 heteroatoms. The Hall–Kier alpha value is -1.68. The summed E-state index contributed by atoms with van der Waals surface area (Å²) in [5, 5.41) is 3.18. The minimum Gasteiger partial charge on any atom is -0.463 e. The number of nitrogens with one attached hydrogen (secondary N) is 1. The summed E-state index contributed by atoms with van der Waals surface area (Å²) >= 11 is 0. The van der Waals surface area contributed by atoms with Crippen LogP contribution in [0.3, 0.4) is 0 Å². The van der Waals surface area contributed by atoms with Crippen LogP contribution in [0, 0.1) is 12.7 Å². The fourth-order valence-corrected chi connectivity index (χ4v) is 1.69. The van der Waals surface area contributed by atoms with Gasteiger partial charge in [0.1, 0.15) is 5.82 Å². The fraction of sp³-hybridized carbons (Fsp3) is 0.400. The number of carbonyl (C=O) groups is 1. The third kappa shape index (κ3) is 6.15. The van der Waals surface area contributed by atoms with Crippen molar-refractivity contribution in [1.82, 2.24) is 5.32 Å². The van der Waals surface area contributed by atoms with E-state index in [0.29, 0.717) is 13.2 Å². The summed E-state index contributed by atoms with van der Waals surface area (Å²) in [6.45, 7) is 5.45. The maximum Gasteiger partial charge on any atom is 0.330 e. The van der Waals surface area contributed by atoms with E-state index in [4.69, 9.17) is 4.74 Å². The zero-order chi connectivity index (χ0) is 14.1. The van der Waals surface area contributed by atoms with Crippen LogP contribution in [-0.2, 0) is 16.0 Å². The van der Waals surface area contributed by atoms with Crippen LogP contribution >= 0.6 is 0 Å². The number of ether oxygens (including phenoxy) is 1. The average molecular weight is 265 g/mol. The minimum absolute atomic E-state index is 0.202. The molecule has 0 heterocycles. The largest absolute Gasteiger partial charge is 0.463 e. The highest BCUT2D eigenvalue weighted by molar-refractivity contribution is 5.81. The van der Waals surface area contributed by atoms with Gasteiger partial charge in [0.05, 0.1) is 6.61 Å². The van der Waals surface area contributed by atoms with E-state index < -0.39 is 0 Å². The Balaban J connectivity index is 2.22. The summed E-state index contributed by atoms with van der Waals surface area (Å²) < 4.78 is 17.7. The SMILES string of the molecule is CCOC(=O)/C=C/CNCCc1ccc(F)cc1C. The molecule has 0 radical (unpaired) electrons. The Morgan fingerprint density at radius 1 is 1.47 bits per heavy atom. The highest BCUT2D eigenvalue weighted by Gasteiger charge is 1.99. The number of hydrogen-bond acceptors (Lipinski definition) is 3. The van der Waals surface area contributed by atoms with Crippen LogP contribution in [0.4, 0.5) is 4.39 Å². The van der Waals surface area contributed by atoms with Crippen molar-refractivity contribution in [2.45, 2.75) is 20.3 Å². The van der Waals surface area contributed by atoms with Gasteiger partial charge in [-0.3, -0.25) is 0 Å². The first-order valence-corrected chi connectivity index (χ1v) is 6.42. The number of hydrogen-bond donors (Lipinski definition) is 1. The number of aryl methyl sites for hydroxylation is 1. The normalized spacial score (nSPS) is 10.9. The molecule has 0 atom stereocenters. The molecule has 0 unspecified atom stereocenters. The molecule has 0 saturated carbocycles. The lowest BCUT2D eigenvalue weighted by molar-refractivity contribution is -0.137. The van der Waals surface area contributed by atoms with Gasteiger partial charge in [0, 0.05) is 12.6 Å². The van der Waals surface area contributed by atoms with Crippen LogP contribution in [-0.4, -0.2) is 25.7 Å². The van der Waals surface area contributed by atoms with Gasteiger partial charge in [0.2, 0.25) is 0 Å². The van der Waals surface area contributed by atoms with E-state index in [9.17, 15) is 9.18 Å². The standard InChI is InChI=1S/C15H20FNO2/c1-3-19-15(18)5-4-9-17-10-8-13-6-7-14(16)11-12(13)2/h4-7,11,17H,3,8-10H2,1-2H3/b5-4+. The van der Waals surface area contributed by atoms with Crippen molar-refractivity contribution in [3.05, 3.63) is 47.3 Å². The highest BCUT2D eigenvalue weighted by atomic mass is 19.1. The molecule has 1 aromatic carbocycles. The van der Waals surface area contributed by atoms with Gasteiger partial charge in [-0.15, -0.1) is 0 Å². The summed E-state index contributed by atoms with van der Waals surface area (Å²) in [7, 11) is 0. The number of rotatable bonds is 7. The van der Waals surface area contributed by atoms with Gasteiger partial charge in [0.25, 0.3) is 0 Å². The number of halogens is 1. The Kier molecular flexibility index (Phi) is 6.82. The molecular weight excluding hydrogens is 245 g/mol. The zero-order valence-electron chi connectivity index (χ0n) is 11.4. The second-order valence-corrected chi connectivity index (χ2v) is 4.18. The van der Waals surface area contributed by atoms with Crippen molar-refractivity contribution in [3.8, 4) is 0 Å². The molecule has 3 nitrogen and oxygen atoms in total. The molecule has 0 fully saturated rings. The van der Waals surface area contributed by atoms with Gasteiger partial charge in [-0.25, -0.2) is 9.18 Å². The molecule has 0 saturated heterocycles. The van der Waals surface area contributed by atoms with Crippen molar-refractivity contribution < 1.29 is 13.9 Å². The second-order valence-electron chi connectivity index (χ2n) is 4.18. The molecule has 19 heavy (non-hydrogen) atoms. The second kappa shape index (κ2) is 8.43. The molecule has 104 valence electrons. The van der Waals surface area contributed by atoms with Crippen LogP contribution in [0.25, 0.3) is 0 Å². The van der Waals surface area contributed by atoms with E-state index in [2.05, 4.69) is 5.32 Å². The Morgan fingerprint density at radius 3 is 2.95 bits per heavy atom. The molecule has 0 aliphatic carbocycles. The molecule has 1 rings (SSSR count). The highest BCUT2D eigenvalue weighted by Crippen LogP contribution is 2.10. The molecule has 0 spiro atoms. The van der Waals surface area contributed by atoms with Crippen LogP contribution in [0.1, 0.15) is 18.1 Å². The Bertz CT molecular complexity index is 444. The van der Waals surface area contributed by atoms with Gasteiger partial charge in [-0.2, -0.15) is 0 Å². The minimum atomic E-state index is -0.321. The van der Waals surface area contributed by atoms with Crippen molar-refractivity contribution in [1.29, 1.82) is 0 Å². The molecular formula is C15H20FNO2. The van der Waals surface area contributed by atoms with Crippen molar-refractivity contribution in [2.75, 3.05) is 19.7 Å². The average Bonchev–Trinajstić information content (AvgIpc) is 2.36. The first-order chi connectivity index (χ1) is 9.13. The summed E-state index contributed by atoms with van der Waals surface area (Å²) in [6, 6.07) is 4.82. The molecule has 1 aromatic rings. The van der Waals surface area contributed by atoms with E-state index in [1.807, 2.05) is 6.92 Å². The maximum absolute atomic E-state index is 12.9. The monoisotopic (exact) mass is 265 g/mol. The molecule has 1 N–H and O–H groups in total. The van der Waals surface area contributed by atoms with E-state index in [1.165, 1.54) is 18.2 Å². The van der Waals surface area contributed by atoms with Gasteiger partial charge >= 0.3 is 5.97 Å². The first-order valence-electron chi connectivity index (χ1n) is 6.42. The molecule has 0 bridgehead atoms. The number of benzene rings is 1. The Morgan fingerprint density at radius 2 is 2.26 bits per heavy atom. The molecule has 0 aromatic heterocycles. The van der Waals surface area contributed by atoms with E-state index in [-0.39, 0.29) is 11.8 Å². The molecule has 0 aliphatic heterocycles. The lowest BCUT2D eigenvalue weighted by Crippen LogP contribution is -2.17. The Labute approximate surface area is 113 Å². The van der Waals surface area contributed by atoms with E-state index in [0.717, 1.165) is 24.1 Å². The maximum atomic E-state index is 12.9. The third-order valence-corrected chi connectivity index (χ3v) is 2.68. The van der Waals surface area contributed by atoms with Crippen LogP contribution in [0.5, 0.6) is 0 Å². The van der Waals surface area contributed by atoms with Crippen molar-refractivity contribution in [3.63, 3.8) is 0 Å². The van der Waals surface area contributed by atoms with Gasteiger partial charge < -0.3 is 10.1 Å². The predicted molar refractivity (Wildman–Crippen MR) is 73.5 cm³/mol. The van der Waals surface area contributed by atoms with Gasteiger partial charge in [0.15, 0.2) is 0 Å².